The number of aromatic nitrogens is 2. The zero-order valence-electron chi connectivity index (χ0n) is 10.7. The molecule has 0 spiro atoms. The number of nitrogen functional groups attached to an aromatic ring is 1. The summed E-state index contributed by atoms with van der Waals surface area (Å²) in [5, 5.41) is 4.30. The molecule has 0 fully saturated rings. The zero-order valence-corrected chi connectivity index (χ0v) is 10.7. The van der Waals surface area contributed by atoms with Crippen molar-refractivity contribution in [2.24, 2.45) is 0 Å². The summed E-state index contributed by atoms with van der Waals surface area (Å²) >= 11 is 0. The van der Waals surface area contributed by atoms with Crippen molar-refractivity contribution in [2.45, 2.75) is 26.8 Å². The molecule has 4 heteroatoms. The number of hydrogen-bond donors (Lipinski definition) is 1. The normalized spacial score (nSPS) is 10.6. The molecule has 0 aliphatic carbocycles. The molecule has 0 unspecified atom stereocenters. The number of nitrogens with two attached hydrogens (primary N) is 1. The van der Waals surface area contributed by atoms with Crippen LogP contribution in [0.1, 0.15) is 19.4 Å². The number of benzene rings is 1. The molecule has 0 saturated heterocycles. The smallest absolute Gasteiger partial charge is 0.289 e. The van der Waals surface area contributed by atoms with Crippen molar-refractivity contribution in [1.29, 1.82) is 0 Å². The summed E-state index contributed by atoms with van der Waals surface area (Å²) in [5.41, 5.74) is 8.70. The molecular formula is C14H17N3O. The summed E-state index contributed by atoms with van der Waals surface area (Å²) in [6.45, 7) is 4.50. The molecule has 1 aromatic heterocycles. The molecule has 1 aromatic carbocycles. The first-order valence-corrected chi connectivity index (χ1v) is 6.12. The van der Waals surface area contributed by atoms with Gasteiger partial charge in [0, 0.05) is 12.1 Å². The fourth-order valence-electron chi connectivity index (χ4n) is 1.83. The standard InChI is InChI=1S/C14H17N3O/c1-3-10-5-7-11(8-6-10)13-9-12(15)14(18)17(4-2)16-13/h5-9H,3-4,15H2,1-2H3. The molecule has 2 aromatic rings. The van der Waals surface area contributed by atoms with Crippen molar-refractivity contribution in [3.05, 3.63) is 46.2 Å². The maximum absolute atomic E-state index is 11.7. The highest BCUT2D eigenvalue weighted by atomic mass is 16.1. The fourth-order valence-corrected chi connectivity index (χ4v) is 1.83. The minimum Gasteiger partial charge on any atom is -0.394 e. The van der Waals surface area contributed by atoms with Crippen LogP contribution in [-0.4, -0.2) is 9.78 Å². The Morgan fingerprint density at radius 3 is 2.44 bits per heavy atom. The Hall–Kier alpha value is -2.10. The van der Waals surface area contributed by atoms with Gasteiger partial charge in [-0.25, -0.2) is 4.68 Å². The van der Waals surface area contributed by atoms with Gasteiger partial charge < -0.3 is 5.73 Å². The molecule has 0 amide bonds. The highest BCUT2D eigenvalue weighted by Gasteiger charge is 2.06. The fraction of sp³-hybridized carbons (Fsp3) is 0.286. The summed E-state index contributed by atoms with van der Waals surface area (Å²) in [5.74, 6) is 0. The summed E-state index contributed by atoms with van der Waals surface area (Å²) < 4.78 is 1.39. The maximum atomic E-state index is 11.7. The molecule has 0 saturated carbocycles. The van der Waals surface area contributed by atoms with Gasteiger partial charge >= 0.3 is 0 Å². The van der Waals surface area contributed by atoms with E-state index in [1.807, 2.05) is 19.1 Å². The van der Waals surface area contributed by atoms with Crippen LogP contribution in [0.5, 0.6) is 0 Å². The maximum Gasteiger partial charge on any atom is 0.289 e. The number of hydrogen-bond acceptors (Lipinski definition) is 3. The molecule has 0 atom stereocenters. The van der Waals surface area contributed by atoms with Crippen molar-refractivity contribution >= 4 is 5.69 Å². The second-order valence-corrected chi connectivity index (χ2v) is 4.16. The van der Waals surface area contributed by atoms with Crippen LogP contribution in [0.25, 0.3) is 11.3 Å². The average molecular weight is 243 g/mol. The van der Waals surface area contributed by atoms with E-state index in [1.54, 1.807) is 6.07 Å². The van der Waals surface area contributed by atoms with E-state index in [0.29, 0.717) is 6.54 Å². The molecule has 0 aliphatic heterocycles. The SMILES string of the molecule is CCc1ccc(-c2cc(N)c(=O)n(CC)n2)cc1. The lowest BCUT2D eigenvalue weighted by Crippen LogP contribution is -2.24. The predicted octanol–water partition coefficient (Wildman–Crippen LogP) is 2.07. The van der Waals surface area contributed by atoms with Gasteiger partial charge in [-0.15, -0.1) is 0 Å². The lowest BCUT2D eigenvalue weighted by Gasteiger charge is -2.07. The first-order valence-electron chi connectivity index (χ1n) is 6.12. The van der Waals surface area contributed by atoms with E-state index in [-0.39, 0.29) is 11.2 Å². The van der Waals surface area contributed by atoms with Gasteiger partial charge in [0.15, 0.2) is 0 Å². The van der Waals surface area contributed by atoms with Crippen LogP contribution in [0.2, 0.25) is 0 Å². The van der Waals surface area contributed by atoms with E-state index < -0.39 is 0 Å². The highest BCUT2D eigenvalue weighted by Crippen LogP contribution is 2.18. The third kappa shape index (κ3) is 2.27. The topological polar surface area (TPSA) is 60.9 Å². The molecule has 0 aliphatic rings. The molecule has 94 valence electrons. The zero-order chi connectivity index (χ0) is 13.1. The van der Waals surface area contributed by atoms with Crippen LogP contribution in [0.3, 0.4) is 0 Å². The van der Waals surface area contributed by atoms with Gasteiger partial charge in [0.05, 0.1) is 5.69 Å². The molecule has 0 bridgehead atoms. The van der Waals surface area contributed by atoms with Crippen molar-refractivity contribution in [2.75, 3.05) is 5.73 Å². The van der Waals surface area contributed by atoms with Crippen LogP contribution in [0.4, 0.5) is 5.69 Å². The number of anilines is 1. The molecule has 2 N–H and O–H groups in total. The minimum absolute atomic E-state index is 0.230. The number of rotatable bonds is 3. The molecular weight excluding hydrogens is 226 g/mol. The monoisotopic (exact) mass is 243 g/mol. The Bertz CT molecular complexity index is 599. The first kappa shape index (κ1) is 12.4. The lowest BCUT2D eigenvalue weighted by atomic mass is 10.1. The van der Waals surface area contributed by atoms with Crippen molar-refractivity contribution < 1.29 is 0 Å². The Kier molecular flexibility index (Phi) is 3.46. The number of aryl methyl sites for hydroxylation is 2. The van der Waals surface area contributed by atoms with Crippen molar-refractivity contribution in [3.8, 4) is 11.3 Å². The summed E-state index contributed by atoms with van der Waals surface area (Å²) in [7, 11) is 0. The molecule has 0 radical (unpaired) electrons. The van der Waals surface area contributed by atoms with Gasteiger partial charge in [0.1, 0.15) is 5.69 Å². The van der Waals surface area contributed by atoms with Crippen LogP contribution in [0.15, 0.2) is 35.1 Å². The summed E-state index contributed by atoms with van der Waals surface area (Å²) in [6, 6.07) is 9.77. The predicted molar refractivity (Wildman–Crippen MR) is 73.4 cm³/mol. The Morgan fingerprint density at radius 2 is 1.89 bits per heavy atom. The van der Waals surface area contributed by atoms with Gasteiger partial charge in [0.25, 0.3) is 5.56 Å². The molecule has 18 heavy (non-hydrogen) atoms. The Morgan fingerprint density at radius 1 is 1.22 bits per heavy atom. The third-order valence-electron chi connectivity index (χ3n) is 2.96. The van der Waals surface area contributed by atoms with Gasteiger partial charge in [-0.2, -0.15) is 5.10 Å². The van der Waals surface area contributed by atoms with Gasteiger partial charge in [-0.3, -0.25) is 4.79 Å². The first-order chi connectivity index (χ1) is 8.65. The van der Waals surface area contributed by atoms with E-state index in [9.17, 15) is 4.79 Å². The van der Waals surface area contributed by atoms with Crippen LogP contribution in [-0.2, 0) is 13.0 Å². The van der Waals surface area contributed by atoms with Gasteiger partial charge in [0.2, 0.25) is 0 Å². The minimum atomic E-state index is -0.230. The van der Waals surface area contributed by atoms with E-state index in [1.165, 1.54) is 10.2 Å². The van der Waals surface area contributed by atoms with E-state index in [2.05, 4.69) is 24.2 Å². The average Bonchev–Trinajstić information content (AvgIpc) is 2.42. The Balaban J connectivity index is 2.50. The second-order valence-electron chi connectivity index (χ2n) is 4.16. The van der Waals surface area contributed by atoms with Crippen LogP contribution >= 0.6 is 0 Å². The number of nitrogens with zero attached hydrogens (tertiary/aromatic N) is 2. The van der Waals surface area contributed by atoms with E-state index >= 15 is 0 Å². The Labute approximate surface area is 106 Å². The quantitative estimate of drug-likeness (QED) is 0.897. The van der Waals surface area contributed by atoms with Crippen LogP contribution in [0, 0.1) is 0 Å². The van der Waals surface area contributed by atoms with Crippen molar-refractivity contribution in [3.63, 3.8) is 0 Å². The van der Waals surface area contributed by atoms with Gasteiger partial charge in [-0.1, -0.05) is 31.2 Å². The lowest BCUT2D eigenvalue weighted by molar-refractivity contribution is 0.621. The van der Waals surface area contributed by atoms with Crippen LogP contribution < -0.4 is 11.3 Å². The molecule has 2 rings (SSSR count). The third-order valence-corrected chi connectivity index (χ3v) is 2.96. The highest BCUT2D eigenvalue weighted by molar-refractivity contribution is 5.62. The van der Waals surface area contributed by atoms with Crippen molar-refractivity contribution in [1.82, 2.24) is 9.78 Å². The molecule has 1 heterocycles. The van der Waals surface area contributed by atoms with Gasteiger partial charge in [-0.05, 0) is 25.0 Å². The second kappa shape index (κ2) is 5.04. The molecule has 4 nitrogen and oxygen atoms in total. The van der Waals surface area contributed by atoms with E-state index in [0.717, 1.165) is 17.7 Å². The summed E-state index contributed by atoms with van der Waals surface area (Å²) in [4.78, 5) is 11.7. The van der Waals surface area contributed by atoms with E-state index in [4.69, 9.17) is 5.73 Å². The summed E-state index contributed by atoms with van der Waals surface area (Å²) in [6.07, 6.45) is 1.00. The largest absolute Gasteiger partial charge is 0.394 e.